The molecule has 0 aliphatic heterocycles. The lowest BCUT2D eigenvalue weighted by Crippen LogP contribution is -2.23. The van der Waals surface area contributed by atoms with Crippen molar-refractivity contribution in [3.8, 4) is 0 Å². The van der Waals surface area contributed by atoms with Crippen molar-refractivity contribution in [2.75, 3.05) is 14.1 Å². The second-order valence-corrected chi connectivity index (χ2v) is 4.59. The van der Waals surface area contributed by atoms with Gasteiger partial charge in [-0.15, -0.1) is 0 Å². The summed E-state index contributed by atoms with van der Waals surface area (Å²) in [5.74, 6) is -0.230. The summed E-state index contributed by atoms with van der Waals surface area (Å²) in [6, 6.07) is 8.76. The average molecular weight is 272 g/mol. The molecule has 5 heteroatoms. The Morgan fingerprint density at radius 2 is 1.80 bits per heavy atom. The fourth-order valence-corrected chi connectivity index (χ4v) is 1.70. The Morgan fingerprint density at radius 3 is 2.35 bits per heavy atom. The number of furan rings is 1. The van der Waals surface area contributed by atoms with Gasteiger partial charge in [0.2, 0.25) is 0 Å². The van der Waals surface area contributed by atoms with Gasteiger partial charge in [-0.1, -0.05) is 12.1 Å². The van der Waals surface area contributed by atoms with Gasteiger partial charge in [-0.2, -0.15) is 0 Å². The number of hydrogen-bond acceptors (Lipinski definition) is 3. The van der Waals surface area contributed by atoms with Gasteiger partial charge in [0, 0.05) is 26.2 Å². The van der Waals surface area contributed by atoms with Crippen molar-refractivity contribution in [2.45, 2.75) is 6.54 Å². The van der Waals surface area contributed by atoms with Gasteiger partial charge < -0.3 is 14.6 Å². The number of nitrogens with zero attached hydrogens (tertiary/aromatic N) is 1. The number of benzene rings is 1. The smallest absolute Gasteiger partial charge is 0.254 e. The van der Waals surface area contributed by atoms with Crippen LogP contribution in [0.3, 0.4) is 0 Å². The molecule has 0 saturated carbocycles. The van der Waals surface area contributed by atoms with E-state index in [1.807, 2.05) is 12.1 Å². The molecule has 1 aromatic carbocycles. The summed E-state index contributed by atoms with van der Waals surface area (Å²) in [5, 5.41) is 2.78. The molecule has 1 N–H and O–H groups in total. The molecule has 104 valence electrons. The highest BCUT2D eigenvalue weighted by Crippen LogP contribution is 2.07. The molecule has 0 aliphatic rings. The zero-order valence-corrected chi connectivity index (χ0v) is 11.4. The second-order valence-electron chi connectivity index (χ2n) is 4.59. The highest BCUT2D eigenvalue weighted by molar-refractivity contribution is 5.94. The van der Waals surface area contributed by atoms with Gasteiger partial charge in [0.05, 0.1) is 11.8 Å². The largest absolute Gasteiger partial charge is 0.472 e. The Kier molecular flexibility index (Phi) is 4.20. The van der Waals surface area contributed by atoms with Crippen LogP contribution in [0, 0.1) is 0 Å². The minimum Gasteiger partial charge on any atom is -0.472 e. The van der Waals surface area contributed by atoms with Crippen molar-refractivity contribution in [1.29, 1.82) is 0 Å². The Morgan fingerprint density at radius 1 is 1.10 bits per heavy atom. The Labute approximate surface area is 117 Å². The molecule has 2 rings (SSSR count). The lowest BCUT2D eigenvalue weighted by atomic mass is 10.1. The van der Waals surface area contributed by atoms with E-state index in [0.717, 1.165) is 5.56 Å². The molecule has 0 unspecified atom stereocenters. The number of nitrogens with one attached hydrogen (secondary N) is 1. The highest BCUT2D eigenvalue weighted by Gasteiger charge is 2.08. The molecule has 1 aromatic heterocycles. The van der Waals surface area contributed by atoms with Crippen LogP contribution in [0.4, 0.5) is 0 Å². The van der Waals surface area contributed by atoms with Crippen molar-refractivity contribution in [3.05, 3.63) is 59.5 Å². The third-order valence-electron chi connectivity index (χ3n) is 2.84. The van der Waals surface area contributed by atoms with Gasteiger partial charge >= 0.3 is 0 Å². The minimum atomic E-state index is -0.188. The molecule has 0 fully saturated rings. The summed E-state index contributed by atoms with van der Waals surface area (Å²) >= 11 is 0. The zero-order valence-electron chi connectivity index (χ0n) is 11.4. The third-order valence-corrected chi connectivity index (χ3v) is 2.84. The van der Waals surface area contributed by atoms with Gasteiger partial charge in [-0.25, -0.2) is 0 Å². The number of amides is 2. The van der Waals surface area contributed by atoms with Crippen LogP contribution in [0.2, 0.25) is 0 Å². The number of hydrogen-bond donors (Lipinski definition) is 1. The van der Waals surface area contributed by atoms with Crippen molar-refractivity contribution in [1.82, 2.24) is 10.2 Å². The number of rotatable bonds is 4. The monoisotopic (exact) mass is 272 g/mol. The maximum atomic E-state index is 11.7. The van der Waals surface area contributed by atoms with Gasteiger partial charge in [-0.05, 0) is 23.8 Å². The van der Waals surface area contributed by atoms with Gasteiger partial charge in [-0.3, -0.25) is 9.59 Å². The molecule has 5 nitrogen and oxygen atoms in total. The molecule has 2 aromatic rings. The van der Waals surface area contributed by atoms with Crippen LogP contribution in [-0.2, 0) is 6.54 Å². The minimum absolute atomic E-state index is 0.0426. The molecule has 0 atom stereocenters. The Hall–Kier alpha value is -2.56. The van der Waals surface area contributed by atoms with Crippen LogP contribution in [-0.4, -0.2) is 30.8 Å². The van der Waals surface area contributed by atoms with Crippen molar-refractivity contribution < 1.29 is 14.0 Å². The summed E-state index contributed by atoms with van der Waals surface area (Å²) in [7, 11) is 3.42. The maximum absolute atomic E-state index is 11.7. The summed E-state index contributed by atoms with van der Waals surface area (Å²) in [5.41, 5.74) is 2.04. The fourth-order valence-electron chi connectivity index (χ4n) is 1.70. The normalized spacial score (nSPS) is 10.1. The topological polar surface area (TPSA) is 62.6 Å². The lowest BCUT2D eigenvalue weighted by molar-refractivity contribution is 0.0827. The molecule has 1 heterocycles. The van der Waals surface area contributed by atoms with Gasteiger partial charge in [0.25, 0.3) is 11.8 Å². The van der Waals surface area contributed by atoms with Crippen molar-refractivity contribution in [2.24, 2.45) is 0 Å². The molecule has 0 bridgehead atoms. The van der Waals surface area contributed by atoms with E-state index in [-0.39, 0.29) is 11.8 Å². The van der Waals surface area contributed by atoms with E-state index in [9.17, 15) is 9.59 Å². The molecule has 0 aliphatic carbocycles. The third kappa shape index (κ3) is 3.26. The molecule has 2 amide bonds. The SMILES string of the molecule is CN(C)C(=O)c1ccc(CNC(=O)c2ccoc2)cc1. The number of carbonyl (C=O) groups is 2. The molecule has 0 spiro atoms. The first-order chi connectivity index (χ1) is 9.58. The van der Waals surface area contributed by atoms with E-state index in [4.69, 9.17) is 4.42 Å². The van der Waals surface area contributed by atoms with E-state index in [1.54, 1.807) is 32.3 Å². The molecule has 0 radical (unpaired) electrons. The van der Waals surface area contributed by atoms with Crippen LogP contribution in [0.25, 0.3) is 0 Å². The van der Waals surface area contributed by atoms with Crippen LogP contribution >= 0.6 is 0 Å². The first kappa shape index (κ1) is 13.9. The van der Waals surface area contributed by atoms with E-state index in [2.05, 4.69) is 5.32 Å². The standard InChI is InChI=1S/C15H16N2O3/c1-17(2)15(19)12-5-3-11(4-6-12)9-16-14(18)13-7-8-20-10-13/h3-8,10H,9H2,1-2H3,(H,16,18). The van der Waals surface area contributed by atoms with E-state index >= 15 is 0 Å². The number of carbonyl (C=O) groups excluding carboxylic acids is 2. The summed E-state index contributed by atoms with van der Waals surface area (Å²) in [6.45, 7) is 0.403. The molecular weight excluding hydrogens is 256 g/mol. The van der Waals surface area contributed by atoms with Crippen LogP contribution in [0.15, 0.2) is 47.3 Å². The molecule has 20 heavy (non-hydrogen) atoms. The summed E-state index contributed by atoms with van der Waals surface area (Å²) in [6.07, 6.45) is 2.85. The second kappa shape index (κ2) is 6.06. The van der Waals surface area contributed by atoms with Gasteiger partial charge in [0.1, 0.15) is 6.26 Å². The predicted octanol–water partition coefficient (Wildman–Crippen LogP) is 1.91. The zero-order chi connectivity index (χ0) is 14.5. The first-order valence-corrected chi connectivity index (χ1v) is 6.19. The Bertz CT molecular complexity index is 586. The van der Waals surface area contributed by atoms with Crippen LogP contribution < -0.4 is 5.32 Å². The van der Waals surface area contributed by atoms with Gasteiger partial charge in [0.15, 0.2) is 0 Å². The fraction of sp³-hybridized carbons (Fsp3) is 0.200. The van der Waals surface area contributed by atoms with E-state index in [0.29, 0.717) is 17.7 Å². The predicted molar refractivity (Wildman–Crippen MR) is 74.3 cm³/mol. The molecular formula is C15H16N2O3. The highest BCUT2D eigenvalue weighted by atomic mass is 16.3. The summed E-state index contributed by atoms with van der Waals surface area (Å²) in [4.78, 5) is 25.0. The summed E-state index contributed by atoms with van der Waals surface area (Å²) < 4.78 is 4.85. The van der Waals surface area contributed by atoms with Crippen LogP contribution in [0.1, 0.15) is 26.3 Å². The quantitative estimate of drug-likeness (QED) is 0.924. The molecule has 0 saturated heterocycles. The first-order valence-electron chi connectivity index (χ1n) is 6.19. The Balaban J connectivity index is 1.94. The van der Waals surface area contributed by atoms with Crippen molar-refractivity contribution >= 4 is 11.8 Å². The average Bonchev–Trinajstić information content (AvgIpc) is 2.98. The maximum Gasteiger partial charge on any atom is 0.254 e. The van der Waals surface area contributed by atoms with Crippen LogP contribution in [0.5, 0.6) is 0 Å². The van der Waals surface area contributed by atoms with E-state index in [1.165, 1.54) is 17.4 Å². The van der Waals surface area contributed by atoms with E-state index < -0.39 is 0 Å². The lowest BCUT2D eigenvalue weighted by Gasteiger charge is -2.10. The van der Waals surface area contributed by atoms with Crippen molar-refractivity contribution in [3.63, 3.8) is 0 Å².